The number of aliphatic hydroxyl groups excluding tert-OH is 1. The van der Waals surface area contributed by atoms with E-state index in [1.54, 1.807) is 6.26 Å². The van der Waals surface area contributed by atoms with Crippen molar-refractivity contribution in [3.05, 3.63) is 36.1 Å². The van der Waals surface area contributed by atoms with Gasteiger partial charge in [0, 0.05) is 11.4 Å². The summed E-state index contributed by atoms with van der Waals surface area (Å²) in [6.07, 6.45) is 1.70. The Hall–Kier alpha value is -1.32. The topological polar surface area (TPSA) is 45.4 Å². The monoisotopic (exact) mass is 219 g/mol. The van der Waals surface area contributed by atoms with E-state index in [1.807, 2.05) is 19.2 Å². The van der Waals surface area contributed by atoms with Gasteiger partial charge in [-0.2, -0.15) is 0 Å². The van der Waals surface area contributed by atoms with Gasteiger partial charge < -0.3 is 14.8 Å². The number of nitrogens with one attached hydrogen (secondary N) is 1. The molecule has 0 bridgehead atoms. The molecule has 0 aliphatic heterocycles. The first-order valence-corrected chi connectivity index (χ1v) is 5.51. The average Bonchev–Trinajstić information content (AvgIpc) is 2.77. The second-order valence-corrected chi connectivity index (χ2v) is 4.08. The lowest BCUT2D eigenvalue weighted by atomic mass is 9.93. The summed E-state index contributed by atoms with van der Waals surface area (Å²) in [6, 6.07) is 8.19. The third kappa shape index (κ3) is 1.96. The normalized spacial score (nSPS) is 15.2. The minimum atomic E-state index is 0.0874. The Labute approximate surface area is 95.1 Å². The highest BCUT2D eigenvalue weighted by atomic mass is 16.3. The van der Waals surface area contributed by atoms with Crippen LogP contribution in [0.25, 0.3) is 11.0 Å². The Bertz CT molecular complexity index is 460. The Morgan fingerprint density at radius 2 is 2.19 bits per heavy atom. The third-order valence-electron chi connectivity index (χ3n) is 3.17. The van der Waals surface area contributed by atoms with Crippen molar-refractivity contribution in [1.82, 2.24) is 5.32 Å². The number of benzene rings is 1. The van der Waals surface area contributed by atoms with Gasteiger partial charge in [-0.05, 0) is 36.7 Å². The number of rotatable bonds is 4. The van der Waals surface area contributed by atoms with Crippen LogP contribution in [0.2, 0.25) is 0 Å². The van der Waals surface area contributed by atoms with Gasteiger partial charge in [-0.15, -0.1) is 0 Å². The van der Waals surface area contributed by atoms with Crippen molar-refractivity contribution in [2.24, 2.45) is 0 Å². The molecular formula is C13H17NO2. The molecule has 3 nitrogen and oxygen atoms in total. The van der Waals surface area contributed by atoms with E-state index in [4.69, 9.17) is 4.42 Å². The van der Waals surface area contributed by atoms with Crippen LogP contribution in [0.15, 0.2) is 34.9 Å². The fourth-order valence-electron chi connectivity index (χ4n) is 2.00. The molecule has 0 radical (unpaired) electrons. The predicted molar refractivity (Wildman–Crippen MR) is 64.6 cm³/mol. The molecule has 0 amide bonds. The maximum absolute atomic E-state index is 9.25. The molecule has 16 heavy (non-hydrogen) atoms. The minimum absolute atomic E-state index is 0.0874. The quantitative estimate of drug-likeness (QED) is 0.828. The molecule has 0 spiro atoms. The fraction of sp³-hybridized carbons (Fsp3) is 0.385. The predicted octanol–water partition coefficient (Wildman–Crippen LogP) is 2.12. The summed E-state index contributed by atoms with van der Waals surface area (Å²) in [4.78, 5) is 0. The number of aliphatic hydroxyl groups is 1. The van der Waals surface area contributed by atoms with Crippen LogP contribution in [0.3, 0.4) is 0 Å². The van der Waals surface area contributed by atoms with Crippen molar-refractivity contribution >= 4 is 11.0 Å². The zero-order valence-corrected chi connectivity index (χ0v) is 9.60. The van der Waals surface area contributed by atoms with Gasteiger partial charge in [0.2, 0.25) is 0 Å². The van der Waals surface area contributed by atoms with Gasteiger partial charge >= 0.3 is 0 Å². The summed E-state index contributed by atoms with van der Waals surface area (Å²) in [5.74, 6) is 0.272. The van der Waals surface area contributed by atoms with Gasteiger partial charge in [0.05, 0.1) is 12.9 Å². The van der Waals surface area contributed by atoms with Crippen molar-refractivity contribution in [2.45, 2.75) is 18.9 Å². The molecule has 3 heteroatoms. The highest BCUT2D eigenvalue weighted by Crippen LogP contribution is 2.24. The molecule has 2 atom stereocenters. The third-order valence-corrected chi connectivity index (χ3v) is 3.17. The molecule has 0 saturated carbocycles. The fourth-order valence-corrected chi connectivity index (χ4v) is 2.00. The summed E-state index contributed by atoms with van der Waals surface area (Å²) in [7, 11) is 1.87. The highest BCUT2D eigenvalue weighted by molar-refractivity contribution is 5.77. The lowest BCUT2D eigenvalue weighted by Gasteiger charge is -2.21. The van der Waals surface area contributed by atoms with Crippen LogP contribution >= 0.6 is 0 Å². The lowest BCUT2D eigenvalue weighted by molar-refractivity contribution is 0.233. The second-order valence-electron chi connectivity index (χ2n) is 4.08. The van der Waals surface area contributed by atoms with E-state index in [9.17, 15) is 5.11 Å². The van der Waals surface area contributed by atoms with Crippen LogP contribution in [0, 0.1) is 0 Å². The van der Waals surface area contributed by atoms with E-state index in [-0.39, 0.29) is 18.6 Å². The number of furan rings is 1. The van der Waals surface area contributed by atoms with Gasteiger partial charge in [-0.25, -0.2) is 0 Å². The van der Waals surface area contributed by atoms with E-state index in [0.29, 0.717) is 0 Å². The highest BCUT2D eigenvalue weighted by Gasteiger charge is 2.16. The first-order chi connectivity index (χ1) is 7.76. The SMILES string of the molecule is CNC(CO)C(C)c1ccc2occc2c1. The molecule has 0 fully saturated rings. The molecule has 2 aromatic rings. The molecule has 1 heterocycles. The van der Waals surface area contributed by atoms with Crippen molar-refractivity contribution in [3.63, 3.8) is 0 Å². The number of fused-ring (bicyclic) bond motifs is 1. The Morgan fingerprint density at radius 1 is 1.38 bits per heavy atom. The Morgan fingerprint density at radius 3 is 2.88 bits per heavy atom. The van der Waals surface area contributed by atoms with E-state index < -0.39 is 0 Å². The van der Waals surface area contributed by atoms with Crippen LogP contribution in [-0.4, -0.2) is 24.8 Å². The van der Waals surface area contributed by atoms with Crippen molar-refractivity contribution in [1.29, 1.82) is 0 Å². The largest absolute Gasteiger partial charge is 0.464 e. The smallest absolute Gasteiger partial charge is 0.133 e. The molecule has 2 N–H and O–H groups in total. The van der Waals surface area contributed by atoms with Crippen LogP contribution in [0.4, 0.5) is 0 Å². The summed E-state index contributed by atoms with van der Waals surface area (Å²) >= 11 is 0. The van der Waals surface area contributed by atoms with Gasteiger partial charge in [-0.1, -0.05) is 13.0 Å². The van der Waals surface area contributed by atoms with Crippen molar-refractivity contribution < 1.29 is 9.52 Å². The molecule has 1 aromatic carbocycles. The van der Waals surface area contributed by atoms with E-state index >= 15 is 0 Å². The van der Waals surface area contributed by atoms with E-state index in [1.165, 1.54) is 5.56 Å². The van der Waals surface area contributed by atoms with Gasteiger partial charge in [0.25, 0.3) is 0 Å². The maximum atomic E-state index is 9.25. The zero-order valence-electron chi connectivity index (χ0n) is 9.60. The van der Waals surface area contributed by atoms with Crippen molar-refractivity contribution in [3.8, 4) is 0 Å². The van der Waals surface area contributed by atoms with Crippen LogP contribution in [0.1, 0.15) is 18.4 Å². The summed E-state index contributed by atoms with van der Waals surface area (Å²) in [6.45, 7) is 2.25. The summed E-state index contributed by atoms with van der Waals surface area (Å²) in [5.41, 5.74) is 2.11. The summed E-state index contributed by atoms with van der Waals surface area (Å²) < 4.78 is 5.30. The molecule has 0 aliphatic rings. The standard InChI is InChI=1S/C13H17NO2/c1-9(12(8-15)14-2)10-3-4-13-11(7-10)5-6-16-13/h3-7,9,12,14-15H,8H2,1-2H3. The molecular weight excluding hydrogens is 202 g/mol. The summed E-state index contributed by atoms with van der Waals surface area (Å²) in [5, 5.41) is 13.5. The first-order valence-electron chi connectivity index (χ1n) is 5.51. The van der Waals surface area contributed by atoms with Gasteiger partial charge in [0.15, 0.2) is 0 Å². The van der Waals surface area contributed by atoms with Crippen LogP contribution in [-0.2, 0) is 0 Å². The molecule has 0 saturated heterocycles. The minimum Gasteiger partial charge on any atom is -0.464 e. The number of hydrogen-bond donors (Lipinski definition) is 2. The molecule has 0 aliphatic carbocycles. The molecule has 2 rings (SSSR count). The number of likely N-dealkylation sites (N-methyl/N-ethyl adjacent to an activating group) is 1. The average molecular weight is 219 g/mol. The molecule has 1 aromatic heterocycles. The maximum Gasteiger partial charge on any atom is 0.133 e. The zero-order chi connectivity index (χ0) is 11.5. The van der Waals surface area contributed by atoms with Crippen LogP contribution < -0.4 is 5.32 Å². The second kappa shape index (κ2) is 4.68. The first kappa shape index (κ1) is 11.2. The van der Waals surface area contributed by atoms with Crippen molar-refractivity contribution in [2.75, 3.05) is 13.7 Å². The van der Waals surface area contributed by atoms with Crippen LogP contribution in [0.5, 0.6) is 0 Å². The number of hydrogen-bond acceptors (Lipinski definition) is 3. The van der Waals surface area contributed by atoms with Gasteiger partial charge in [0.1, 0.15) is 5.58 Å². The lowest BCUT2D eigenvalue weighted by Crippen LogP contribution is -2.34. The van der Waals surface area contributed by atoms with Gasteiger partial charge in [-0.3, -0.25) is 0 Å². The van der Waals surface area contributed by atoms with E-state index in [0.717, 1.165) is 11.0 Å². The molecule has 2 unspecified atom stereocenters. The molecule has 86 valence electrons. The Kier molecular flexibility index (Phi) is 3.27. The Balaban J connectivity index is 2.31. The van der Waals surface area contributed by atoms with E-state index in [2.05, 4.69) is 24.4 Å².